The lowest BCUT2D eigenvalue weighted by atomic mass is 9.89. The van der Waals surface area contributed by atoms with Crippen molar-refractivity contribution < 1.29 is 4.74 Å². The van der Waals surface area contributed by atoms with Crippen LogP contribution < -0.4 is 10.1 Å². The highest BCUT2D eigenvalue weighted by molar-refractivity contribution is 5.38. The Morgan fingerprint density at radius 2 is 2.05 bits per heavy atom. The van der Waals surface area contributed by atoms with Gasteiger partial charge in [0.05, 0.1) is 0 Å². The highest BCUT2D eigenvalue weighted by Gasteiger charge is 2.34. The SMILES string of the molecule is CC(CC1CC1)NC1CC(C)(C)Oc2ccccc21. The van der Waals surface area contributed by atoms with Gasteiger partial charge in [-0.25, -0.2) is 0 Å². The van der Waals surface area contributed by atoms with Crippen molar-refractivity contribution in [1.82, 2.24) is 5.32 Å². The van der Waals surface area contributed by atoms with E-state index >= 15 is 0 Å². The van der Waals surface area contributed by atoms with E-state index in [0.717, 1.165) is 18.1 Å². The molecule has 104 valence electrons. The molecule has 1 fully saturated rings. The maximum atomic E-state index is 6.08. The topological polar surface area (TPSA) is 21.3 Å². The number of rotatable bonds is 4. The van der Waals surface area contributed by atoms with Crippen LogP contribution in [0.1, 0.15) is 58.1 Å². The summed E-state index contributed by atoms with van der Waals surface area (Å²) >= 11 is 0. The van der Waals surface area contributed by atoms with Crippen LogP contribution in [0.25, 0.3) is 0 Å². The molecule has 2 unspecified atom stereocenters. The first kappa shape index (κ1) is 13.0. The molecule has 1 heterocycles. The van der Waals surface area contributed by atoms with Gasteiger partial charge in [-0.3, -0.25) is 0 Å². The Morgan fingerprint density at radius 1 is 1.32 bits per heavy atom. The average Bonchev–Trinajstić information content (AvgIpc) is 3.11. The van der Waals surface area contributed by atoms with Crippen LogP contribution >= 0.6 is 0 Å². The fourth-order valence-corrected chi connectivity index (χ4v) is 3.22. The second-order valence-electron chi connectivity index (χ2n) is 6.90. The molecule has 1 aromatic carbocycles. The van der Waals surface area contributed by atoms with E-state index in [-0.39, 0.29) is 5.60 Å². The molecule has 2 atom stereocenters. The fraction of sp³-hybridized carbons (Fsp3) is 0.647. The minimum Gasteiger partial charge on any atom is -0.487 e. The predicted molar refractivity (Wildman–Crippen MR) is 78.4 cm³/mol. The highest BCUT2D eigenvalue weighted by Crippen LogP contribution is 2.40. The third-order valence-electron chi connectivity index (χ3n) is 4.25. The van der Waals surface area contributed by atoms with Gasteiger partial charge >= 0.3 is 0 Å². The van der Waals surface area contributed by atoms with Crippen molar-refractivity contribution in [2.75, 3.05) is 0 Å². The molecule has 0 spiro atoms. The number of hydrogen-bond donors (Lipinski definition) is 1. The molecule has 1 aliphatic heterocycles. The molecule has 1 saturated carbocycles. The van der Waals surface area contributed by atoms with Crippen LogP contribution in [0.2, 0.25) is 0 Å². The van der Waals surface area contributed by atoms with E-state index in [1.165, 1.54) is 24.8 Å². The lowest BCUT2D eigenvalue weighted by Gasteiger charge is -2.39. The summed E-state index contributed by atoms with van der Waals surface area (Å²) in [4.78, 5) is 0. The van der Waals surface area contributed by atoms with Gasteiger partial charge in [-0.1, -0.05) is 31.0 Å². The minimum absolute atomic E-state index is 0.0781. The van der Waals surface area contributed by atoms with E-state index in [4.69, 9.17) is 4.74 Å². The Kier molecular flexibility index (Phi) is 3.30. The quantitative estimate of drug-likeness (QED) is 0.880. The minimum atomic E-state index is -0.0781. The Balaban J connectivity index is 1.75. The third kappa shape index (κ3) is 3.11. The maximum absolute atomic E-state index is 6.08. The normalized spacial score (nSPS) is 26.4. The molecule has 0 radical (unpaired) electrons. The van der Waals surface area contributed by atoms with E-state index in [1.807, 2.05) is 0 Å². The largest absolute Gasteiger partial charge is 0.487 e. The average molecular weight is 259 g/mol. The summed E-state index contributed by atoms with van der Waals surface area (Å²) in [6.07, 6.45) is 5.22. The Morgan fingerprint density at radius 3 is 2.79 bits per heavy atom. The fourth-order valence-electron chi connectivity index (χ4n) is 3.22. The monoisotopic (exact) mass is 259 g/mol. The lowest BCUT2D eigenvalue weighted by molar-refractivity contribution is 0.0637. The van der Waals surface area contributed by atoms with Gasteiger partial charge in [-0.2, -0.15) is 0 Å². The summed E-state index contributed by atoms with van der Waals surface area (Å²) in [7, 11) is 0. The van der Waals surface area contributed by atoms with Crippen LogP contribution in [-0.4, -0.2) is 11.6 Å². The molecule has 0 bridgehead atoms. The van der Waals surface area contributed by atoms with Gasteiger partial charge in [0.25, 0.3) is 0 Å². The number of nitrogens with one attached hydrogen (secondary N) is 1. The van der Waals surface area contributed by atoms with E-state index in [1.54, 1.807) is 0 Å². The summed E-state index contributed by atoms with van der Waals surface area (Å²) in [5.41, 5.74) is 1.25. The first-order chi connectivity index (χ1) is 9.03. The molecule has 0 aromatic heterocycles. The first-order valence-electron chi connectivity index (χ1n) is 7.57. The van der Waals surface area contributed by atoms with Crippen molar-refractivity contribution in [2.24, 2.45) is 5.92 Å². The Hall–Kier alpha value is -1.02. The molecule has 19 heavy (non-hydrogen) atoms. The molecule has 2 nitrogen and oxygen atoms in total. The molecule has 3 rings (SSSR count). The zero-order chi connectivity index (χ0) is 13.5. The van der Waals surface area contributed by atoms with Crippen LogP contribution in [0.4, 0.5) is 0 Å². The van der Waals surface area contributed by atoms with Gasteiger partial charge in [-0.05, 0) is 39.2 Å². The third-order valence-corrected chi connectivity index (χ3v) is 4.25. The highest BCUT2D eigenvalue weighted by atomic mass is 16.5. The summed E-state index contributed by atoms with van der Waals surface area (Å²) in [5, 5.41) is 3.82. The zero-order valence-electron chi connectivity index (χ0n) is 12.3. The number of ether oxygens (including phenoxy) is 1. The van der Waals surface area contributed by atoms with Crippen molar-refractivity contribution in [1.29, 1.82) is 0 Å². The molecule has 0 saturated heterocycles. The first-order valence-corrected chi connectivity index (χ1v) is 7.57. The Bertz CT molecular complexity index is 450. The summed E-state index contributed by atoms with van der Waals surface area (Å²) in [6.45, 7) is 6.69. The standard InChI is InChI=1S/C17H25NO/c1-12(10-13-8-9-13)18-15-11-17(2,3)19-16-7-5-4-6-14(15)16/h4-7,12-13,15,18H,8-11H2,1-3H3. The van der Waals surface area contributed by atoms with E-state index in [0.29, 0.717) is 12.1 Å². The zero-order valence-corrected chi connectivity index (χ0v) is 12.3. The number of para-hydroxylation sites is 1. The number of fused-ring (bicyclic) bond motifs is 1. The smallest absolute Gasteiger partial charge is 0.124 e. The van der Waals surface area contributed by atoms with Crippen molar-refractivity contribution in [3.05, 3.63) is 29.8 Å². The maximum Gasteiger partial charge on any atom is 0.124 e. The Labute approximate surface area is 116 Å². The van der Waals surface area contributed by atoms with Crippen LogP contribution in [0, 0.1) is 5.92 Å². The second kappa shape index (κ2) is 4.82. The van der Waals surface area contributed by atoms with E-state index in [9.17, 15) is 0 Å². The molecule has 2 aliphatic rings. The summed E-state index contributed by atoms with van der Waals surface area (Å²) in [6, 6.07) is 9.49. The van der Waals surface area contributed by atoms with Crippen LogP contribution in [0.15, 0.2) is 24.3 Å². The predicted octanol–water partition coefficient (Wildman–Crippen LogP) is 4.07. The number of benzene rings is 1. The van der Waals surface area contributed by atoms with Crippen LogP contribution in [0.5, 0.6) is 5.75 Å². The van der Waals surface area contributed by atoms with E-state index < -0.39 is 0 Å². The second-order valence-corrected chi connectivity index (χ2v) is 6.90. The van der Waals surface area contributed by atoms with Crippen molar-refractivity contribution in [2.45, 2.75) is 64.1 Å². The van der Waals surface area contributed by atoms with Crippen LogP contribution in [-0.2, 0) is 0 Å². The van der Waals surface area contributed by atoms with Crippen molar-refractivity contribution in [3.8, 4) is 5.75 Å². The molecule has 1 aromatic rings. The molecule has 0 amide bonds. The van der Waals surface area contributed by atoms with Gasteiger partial charge in [0.15, 0.2) is 0 Å². The van der Waals surface area contributed by atoms with Gasteiger partial charge in [-0.15, -0.1) is 0 Å². The van der Waals surface area contributed by atoms with Crippen molar-refractivity contribution in [3.63, 3.8) is 0 Å². The van der Waals surface area contributed by atoms with Gasteiger partial charge in [0, 0.05) is 24.1 Å². The van der Waals surface area contributed by atoms with Gasteiger partial charge < -0.3 is 10.1 Å². The summed E-state index contributed by atoms with van der Waals surface area (Å²) < 4.78 is 6.08. The van der Waals surface area contributed by atoms with Gasteiger partial charge in [0.1, 0.15) is 11.4 Å². The molecular formula is C17H25NO. The number of hydrogen-bond acceptors (Lipinski definition) is 2. The van der Waals surface area contributed by atoms with Gasteiger partial charge in [0.2, 0.25) is 0 Å². The molecule has 2 heteroatoms. The summed E-state index contributed by atoms with van der Waals surface area (Å²) in [5.74, 6) is 2.03. The molecule has 1 N–H and O–H groups in total. The lowest BCUT2D eigenvalue weighted by Crippen LogP contribution is -2.42. The molecule has 1 aliphatic carbocycles. The van der Waals surface area contributed by atoms with Crippen LogP contribution in [0.3, 0.4) is 0 Å². The molecular weight excluding hydrogens is 234 g/mol. The van der Waals surface area contributed by atoms with E-state index in [2.05, 4.69) is 50.4 Å². The van der Waals surface area contributed by atoms with Crippen molar-refractivity contribution >= 4 is 0 Å².